The van der Waals surface area contributed by atoms with E-state index in [0.29, 0.717) is 18.1 Å². The van der Waals surface area contributed by atoms with E-state index in [1.807, 2.05) is 57.1 Å². The van der Waals surface area contributed by atoms with Gasteiger partial charge in [-0.15, -0.1) is 0 Å². The molecule has 0 saturated carbocycles. The van der Waals surface area contributed by atoms with E-state index in [9.17, 15) is 4.79 Å². The topological polar surface area (TPSA) is 75.7 Å². The molecule has 146 valence electrons. The summed E-state index contributed by atoms with van der Waals surface area (Å²) in [6.07, 6.45) is 1.60. The Bertz CT molecular complexity index is 750. The molecule has 1 unspecified atom stereocenters. The predicted octanol–water partition coefficient (Wildman–Crippen LogP) is 3.30. The van der Waals surface area contributed by atoms with E-state index in [1.54, 1.807) is 25.4 Å². The maximum Gasteiger partial charge on any atom is 0.319 e. The number of likely N-dealkylation sites (N-methyl/N-ethyl adjacent to an activating group) is 1. The molecule has 0 spiro atoms. The minimum Gasteiger partial charge on any atom is -0.497 e. The Morgan fingerprint density at radius 1 is 1.22 bits per heavy atom. The van der Waals surface area contributed by atoms with Crippen molar-refractivity contribution in [1.82, 2.24) is 15.2 Å². The van der Waals surface area contributed by atoms with Crippen LogP contribution in [0.15, 0.2) is 42.6 Å². The number of benzene rings is 1. The first-order valence-electron chi connectivity index (χ1n) is 8.87. The molecule has 1 aromatic heterocycles. The summed E-state index contributed by atoms with van der Waals surface area (Å²) in [6.45, 7) is 4.26. The van der Waals surface area contributed by atoms with Gasteiger partial charge in [-0.05, 0) is 57.8 Å². The molecular weight excluding hydrogens is 344 g/mol. The SMILES string of the molecule is COc1cccc(C(CNC(=O)Nc2cccnc2OC(C)C)N(C)C)c1. The Hall–Kier alpha value is -2.80. The Labute approximate surface area is 160 Å². The standard InChI is InChI=1S/C20H28N4O3/c1-14(2)27-19-17(10-7-11-21-19)23-20(25)22-13-18(24(3)4)15-8-6-9-16(12-15)26-5/h6-12,14,18H,13H2,1-5H3,(H2,22,23,25). The maximum atomic E-state index is 12.4. The number of nitrogens with zero attached hydrogens (tertiary/aromatic N) is 2. The number of carbonyl (C=O) groups excluding carboxylic acids is 1. The zero-order valence-corrected chi connectivity index (χ0v) is 16.5. The van der Waals surface area contributed by atoms with Gasteiger partial charge in [0.15, 0.2) is 0 Å². The van der Waals surface area contributed by atoms with Crippen molar-refractivity contribution in [3.8, 4) is 11.6 Å². The number of anilines is 1. The average Bonchev–Trinajstić information content (AvgIpc) is 2.63. The van der Waals surface area contributed by atoms with E-state index in [-0.39, 0.29) is 18.2 Å². The van der Waals surface area contributed by atoms with Gasteiger partial charge in [0.2, 0.25) is 5.88 Å². The molecule has 1 heterocycles. The van der Waals surface area contributed by atoms with E-state index in [2.05, 4.69) is 15.6 Å². The number of pyridine rings is 1. The molecule has 0 aliphatic heterocycles. The molecule has 2 amide bonds. The van der Waals surface area contributed by atoms with Gasteiger partial charge in [0.25, 0.3) is 0 Å². The zero-order chi connectivity index (χ0) is 19.8. The lowest BCUT2D eigenvalue weighted by atomic mass is 10.1. The fourth-order valence-corrected chi connectivity index (χ4v) is 2.61. The molecule has 0 aliphatic carbocycles. The highest BCUT2D eigenvalue weighted by atomic mass is 16.5. The third-order valence-corrected chi connectivity index (χ3v) is 3.92. The van der Waals surface area contributed by atoms with Gasteiger partial charge in [-0.3, -0.25) is 0 Å². The minimum absolute atomic E-state index is 0.00568. The Morgan fingerprint density at radius 3 is 2.67 bits per heavy atom. The molecular formula is C20H28N4O3. The van der Waals surface area contributed by atoms with E-state index in [1.165, 1.54) is 0 Å². The van der Waals surface area contributed by atoms with Crippen LogP contribution < -0.4 is 20.1 Å². The van der Waals surface area contributed by atoms with Crippen LogP contribution in [0.4, 0.5) is 10.5 Å². The van der Waals surface area contributed by atoms with Crippen molar-refractivity contribution in [2.45, 2.75) is 26.0 Å². The van der Waals surface area contributed by atoms with Gasteiger partial charge in [-0.2, -0.15) is 0 Å². The second kappa shape index (κ2) is 9.78. The summed E-state index contributed by atoms with van der Waals surface area (Å²) in [5.74, 6) is 1.19. The van der Waals surface area contributed by atoms with Crippen LogP contribution in [0.5, 0.6) is 11.6 Å². The molecule has 2 rings (SSSR count). The first-order chi connectivity index (χ1) is 12.9. The van der Waals surface area contributed by atoms with Crippen molar-refractivity contribution >= 4 is 11.7 Å². The van der Waals surface area contributed by atoms with Crippen LogP contribution in [-0.2, 0) is 0 Å². The number of nitrogens with one attached hydrogen (secondary N) is 2. The Morgan fingerprint density at radius 2 is 2.00 bits per heavy atom. The van der Waals surface area contributed by atoms with Gasteiger partial charge in [-0.1, -0.05) is 12.1 Å². The number of amides is 2. The third kappa shape index (κ3) is 6.14. The van der Waals surface area contributed by atoms with Crippen LogP contribution in [0, 0.1) is 0 Å². The number of hydrogen-bond donors (Lipinski definition) is 2. The summed E-state index contributed by atoms with van der Waals surface area (Å²) >= 11 is 0. The van der Waals surface area contributed by atoms with Crippen molar-refractivity contribution in [2.24, 2.45) is 0 Å². The smallest absolute Gasteiger partial charge is 0.319 e. The van der Waals surface area contributed by atoms with E-state index < -0.39 is 0 Å². The second-order valence-corrected chi connectivity index (χ2v) is 6.61. The number of carbonyl (C=O) groups is 1. The predicted molar refractivity (Wildman–Crippen MR) is 106 cm³/mol. The lowest BCUT2D eigenvalue weighted by Gasteiger charge is -2.25. The van der Waals surface area contributed by atoms with Crippen molar-refractivity contribution in [3.63, 3.8) is 0 Å². The zero-order valence-electron chi connectivity index (χ0n) is 16.5. The monoisotopic (exact) mass is 372 g/mol. The highest BCUT2D eigenvalue weighted by Crippen LogP contribution is 2.23. The van der Waals surface area contributed by atoms with Crippen molar-refractivity contribution in [2.75, 3.05) is 33.1 Å². The second-order valence-electron chi connectivity index (χ2n) is 6.61. The maximum absolute atomic E-state index is 12.4. The van der Waals surface area contributed by atoms with Crippen molar-refractivity contribution in [1.29, 1.82) is 0 Å². The Balaban J connectivity index is 2.02. The lowest BCUT2D eigenvalue weighted by molar-refractivity contribution is 0.232. The molecule has 27 heavy (non-hydrogen) atoms. The highest BCUT2D eigenvalue weighted by molar-refractivity contribution is 5.90. The summed E-state index contributed by atoms with van der Waals surface area (Å²) in [5, 5.41) is 5.72. The summed E-state index contributed by atoms with van der Waals surface area (Å²) < 4.78 is 10.9. The molecule has 0 fully saturated rings. The number of methoxy groups -OCH3 is 1. The van der Waals surface area contributed by atoms with Gasteiger partial charge >= 0.3 is 6.03 Å². The number of urea groups is 1. The van der Waals surface area contributed by atoms with Crippen LogP contribution in [0.1, 0.15) is 25.5 Å². The summed E-state index contributed by atoms with van der Waals surface area (Å²) in [5.41, 5.74) is 1.59. The van der Waals surface area contributed by atoms with Crippen molar-refractivity contribution in [3.05, 3.63) is 48.2 Å². The first kappa shape index (κ1) is 20.5. The molecule has 0 aliphatic rings. The number of hydrogen-bond acceptors (Lipinski definition) is 5. The molecule has 2 N–H and O–H groups in total. The lowest BCUT2D eigenvalue weighted by Crippen LogP contribution is -2.37. The molecule has 7 nitrogen and oxygen atoms in total. The number of rotatable bonds is 8. The van der Waals surface area contributed by atoms with Crippen LogP contribution in [0.3, 0.4) is 0 Å². The summed E-state index contributed by atoms with van der Waals surface area (Å²) in [7, 11) is 5.58. The van der Waals surface area contributed by atoms with Crippen LogP contribution in [0.2, 0.25) is 0 Å². The fraction of sp³-hybridized carbons (Fsp3) is 0.400. The van der Waals surface area contributed by atoms with Gasteiger partial charge < -0.3 is 25.0 Å². The van der Waals surface area contributed by atoms with E-state index >= 15 is 0 Å². The van der Waals surface area contributed by atoms with Crippen LogP contribution >= 0.6 is 0 Å². The van der Waals surface area contributed by atoms with Crippen LogP contribution in [0.25, 0.3) is 0 Å². The number of aromatic nitrogens is 1. The highest BCUT2D eigenvalue weighted by Gasteiger charge is 2.17. The van der Waals surface area contributed by atoms with Gasteiger partial charge in [0, 0.05) is 12.7 Å². The molecule has 0 bridgehead atoms. The minimum atomic E-state index is -0.314. The van der Waals surface area contributed by atoms with Crippen LogP contribution in [-0.4, -0.2) is 49.8 Å². The molecule has 1 aromatic carbocycles. The first-order valence-corrected chi connectivity index (χ1v) is 8.87. The van der Waals surface area contributed by atoms with Gasteiger partial charge in [0.1, 0.15) is 11.4 Å². The molecule has 1 atom stereocenters. The summed E-state index contributed by atoms with van der Waals surface area (Å²) in [4.78, 5) is 18.6. The molecule has 0 radical (unpaired) electrons. The fourth-order valence-electron chi connectivity index (χ4n) is 2.61. The molecule has 2 aromatic rings. The molecule has 0 saturated heterocycles. The largest absolute Gasteiger partial charge is 0.497 e. The molecule has 7 heteroatoms. The van der Waals surface area contributed by atoms with Gasteiger partial charge in [-0.25, -0.2) is 9.78 Å². The number of ether oxygens (including phenoxy) is 2. The normalized spacial score (nSPS) is 12.0. The van der Waals surface area contributed by atoms with E-state index in [4.69, 9.17) is 9.47 Å². The summed E-state index contributed by atoms with van der Waals surface area (Å²) in [6, 6.07) is 11.0. The quantitative estimate of drug-likeness (QED) is 0.744. The van der Waals surface area contributed by atoms with Gasteiger partial charge in [0.05, 0.1) is 19.3 Å². The van der Waals surface area contributed by atoms with Crippen molar-refractivity contribution < 1.29 is 14.3 Å². The van der Waals surface area contributed by atoms with E-state index in [0.717, 1.165) is 11.3 Å². The Kier molecular flexibility index (Phi) is 7.43. The average molecular weight is 372 g/mol. The third-order valence-electron chi connectivity index (χ3n) is 3.92.